The molecular weight excluding hydrogens is 307 g/mol. The van der Waals surface area contributed by atoms with E-state index >= 15 is 0 Å². The summed E-state index contributed by atoms with van der Waals surface area (Å²) < 4.78 is 47.6. The lowest BCUT2D eigenvalue weighted by atomic mass is 10.2. The van der Waals surface area contributed by atoms with Gasteiger partial charge in [-0.15, -0.1) is 0 Å². The quantitative estimate of drug-likeness (QED) is 0.821. The van der Waals surface area contributed by atoms with Crippen molar-refractivity contribution in [3.63, 3.8) is 0 Å². The highest BCUT2D eigenvalue weighted by Crippen LogP contribution is 2.15. The molecule has 0 aliphatic rings. The molecule has 0 aromatic heterocycles. The Labute approximate surface area is 119 Å². The summed E-state index contributed by atoms with van der Waals surface area (Å²) in [4.78, 5) is 10.9. The van der Waals surface area contributed by atoms with Gasteiger partial charge in [0.05, 0.1) is 22.1 Å². The normalized spacial score (nSPS) is 13.1. The average molecular weight is 322 g/mol. The molecule has 112 valence electrons. The van der Waals surface area contributed by atoms with Gasteiger partial charge in [0, 0.05) is 16.4 Å². The van der Waals surface area contributed by atoms with Crippen molar-refractivity contribution < 1.29 is 26.9 Å². The molecule has 0 heterocycles. The monoisotopic (exact) mass is 322 g/mol. The number of rotatable bonds is 7. The van der Waals surface area contributed by atoms with E-state index in [0.29, 0.717) is 0 Å². The van der Waals surface area contributed by atoms with Crippen LogP contribution in [0, 0.1) is 5.82 Å². The highest BCUT2D eigenvalue weighted by atomic mass is 32.2. The van der Waals surface area contributed by atoms with Gasteiger partial charge in [-0.05, 0) is 24.6 Å². The molecule has 0 radical (unpaired) electrons. The van der Waals surface area contributed by atoms with Gasteiger partial charge in [0.1, 0.15) is 15.7 Å². The van der Waals surface area contributed by atoms with Crippen LogP contribution in [0.1, 0.15) is 23.7 Å². The number of hydrogen-bond donors (Lipinski definition) is 1. The van der Waals surface area contributed by atoms with Crippen LogP contribution < -0.4 is 0 Å². The number of halogens is 1. The molecule has 0 saturated carbocycles. The van der Waals surface area contributed by atoms with Crippen molar-refractivity contribution in [1.82, 2.24) is 0 Å². The Hall–Kier alpha value is -1.28. The first kappa shape index (κ1) is 16.8. The smallest absolute Gasteiger partial charge is 0.338 e. The lowest BCUT2D eigenvalue weighted by Gasteiger charge is -2.05. The van der Waals surface area contributed by atoms with Crippen molar-refractivity contribution in [2.24, 2.45) is 0 Å². The Balaban J connectivity index is 2.74. The molecule has 0 bridgehead atoms. The molecule has 1 rings (SSSR count). The van der Waals surface area contributed by atoms with E-state index in [1.807, 2.05) is 0 Å². The highest BCUT2D eigenvalue weighted by Gasteiger charge is 2.14. The van der Waals surface area contributed by atoms with Crippen LogP contribution in [0.15, 0.2) is 23.1 Å². The molecule has 8 heteroatoms. The number of carboxylic acid groups (broad SMARTS) is 1. The van der Waals surface area contributed by atoms with E-state index in [2.05, 4.69) is 0 Å². The largest absolute Gasteiger partial charge is 0.478 e. The molecule has 1 N–H and O–H groups in total. The van der Waals surface area contributed by atoms with Crippen LogP contribution in [0.3, 0.4) is 0 Å². The number of aromatic carboxylic acids is 1. The summed E-state index contributed by atoms with van der Waals surface area (Å²) in [7, 11) is -4.66. The second kappa shape index (κ2) is 6.94. The van der Waals surface area contributed by atoms with Crippen LogP contribution in [-0.4, -0.2) is 41.0 Å². The van der Waals surface area contributed by atoms with E-state index in [1.165, 1.54) is 13.0 Å². The predicted octanol–water partition coefficient (Wildman–Crippen LogP) is 1.46. The number of carboxylic acids is 1. The zero-order valence-corrected chi connectivity index (χ0v) is 12.5. The molecule has 0 amide bonds. The van der Waals surface area contributed by atoms with Gasteiger partial charge in [0.25, 0.3) is 0 Å². The molecule has 1 aromatic carbocycles. The van der Waals surface area contributed by atoms with Crippen LogP contribution in [0.4, 0.5) is 4.39 Å². The predicted molar refractivity (Wildman–Crippen MR) is 73.6 cm³/mol. The minimum absolute atomic E-state index is 0.0271. The molecule has 0 saturated heterocycles. The number of sulfone groups is 1. The van der Waals surface area contributed by atoms with Crippen molar-refractivity contribution in [3.05, 3.63) is 29.6 Å². The van der Waals surface area contributed by atoms with E-state index in [-0.39, 0.29) is 28.6 Å². The summed E-state index contributed by atoms with van der Waals surface area (Å²) >= 11 is 0. The van der Waals surface area contributed by atoms with E-state index in [4.69, 9.17) is 5.11 Å². The Morgan fingerprint density at radius 1 is 1.40 bits per heavy atom. The van der Waals surface area contributed by atoms with Crippen LogP contribution in [0.2, 0.25) is 0 Å². The number of carbonyl (C=O) groups is 1. The van der Waals surface area contributed by atoms with Gasteiger partial charge in [-0.3, -0.25) is 4.21 Å². The van der Waals surface area contributed by atoms with Gasteiger partial charge in [-0.25, -0.2) is 17.6 Å². The molecule has 0 aliphatic heterocycles. The molecule has 0 fully saturated rings. The third-order valence-corrected chi connectivity index (χ3v) is 5.89. The Morgan fingerprint density at radius 3 is 2.60 bits per heavy atom. The maximum Gasteiger partial charge on any atom is 0.338 e. The number of hydrogen-bond acceptors (Lipinski definition) is 4. The molecule has 1 atom stereocenters. The summed E-state index contributed by atoms with van der Waals surface area (Å²) in [6.45, 7) is 1.53. The standard InChI is InChI=1S/C12H15FO5S2/c1-2-20(17,18)7-3-6-19(16)9-4-5-11(13)10(8-9)12(14)15/h4-5,8H,2-3,6-7H2,1H3,(H,14,15). The molecule has 1 aromatic rings. The third kappa shape index (κ3) is 4.68. The Bertz CT molecular complexity index is 625. The average Bonchev–Trinajstić information content (AvgIpc) is 2.38. The van der Waals surface area contributed by atoms with Crippen molar-refractivity contribution in [3.8, 4) is 0 Å². The van der Waals surface area contributed by atoms with Gasteiger partial charge < -0.3 is 5.11 Å². The Morgan fingerprint density at radius 2 is 2.05 bits per heavy atom. The minimum atomic E-state index is -3.11. The maximum absolute atomic E-state index is 13.2. The zero-order valence-electron chi connectivity index (χ0n) is 10.8. The number of benzene rings is 1. The lowest BCUT2D eigenvalue weighted by Crippen LogP contribution is -2.12. The molecule has 0 aliphatic carbocycles. The molecule has 0 spiro atoms. The van der Waals surface area contributed by atoms with Crippen molar-refractivity contribution in [1.29, 1.82) is 0 Å². The summed E-state index contributed by atoms with van der Waals surface area (Å²) in [5, 5.41) is 8.77. The van der Waals surface area contributed by atoms with Crippen LogP contribution in [-0.2, 0) is 20.6 Å². The van der Waals surface area contributed by atoms with Crippen molar-refractivity contribution in [2.45, 2.75) is 18.2 Å². The third-order valence-electron chi connectivity index (χ3n) is 2.66. The molecule has 1 unspecified atom stereocenters. The van der Waals surface area contributed by atoms with Gasteiger partial charge in [0.15, 0.2) is 0 Å². The van der Waals surface area contributed by atoms with E-state index in [9.17, 15) is 21.8 Å². The fraction of sp³-hybridized carbons (Fsp3) is 0.417. The van der Waals surface area contributed by atoms with Crippen LogP contribution in [0.5, 0.6) is 0 Å². The van der Waals surface area contributed by atoms with Crippen LogP contribution in [0.25, 0.3) is 0 Å². The van der Waals surface area contributed by atoms with Gasteiger partial charge in [0.2, 0.25) is 0 Å². The first-order valence-electron chi connectivity index (χ1n) is 5.88. The Kier molecular flexibility index (Phi) is 5.82. The van der Waals surface area contributed by atoms with Gasteiger partial charge >= 0.3 is 5.97 Å². The van der Waals surface area contributed by atoms with Gasteiger partial charge in [-0.2, -0.15) is 0 Å². The lowest BCUT2D eigenvalue weighted by molar-refractivity contribution is 0.0691. The summed E-state index contributed by atoms with van der Waals surface area (Å²) in [6.07, 6.45) is 0.211. The SMILES string of the molecule is CCS(=O)(=O)CCCS(=O)c1ccc(F)c(C(=O)O)c1. The second-order valence-corrected chi connectivity index (χ2v) is 8.13. The first-order chi connectivity index (χ1) is 9.26. The molecular formula is C12H15FO5S2. The fourth-order valence-corrected chi connectivity index (χ4v) is 3.65. The van der Waals surface area contributed by atoms with Crippen molar-refractivity contribution >= 4 is 26.6 Å². The van der Waals surface area contributed by atoms with Crippen molar-refractivity contribution in [2.75, 3.05) is 17.3 Å². The highest BCUT2D eigenvalue weighted by molar-refractivity contribution is 7.91. The van der Waals surface area contributed by atoms with E-state index < -0.39 is 38.0 Å². The topological polar surface area (TPSA) is 88.5 Å². The molecule has 20 heavy (non-hydrogen) atoms. The summed E-state index contributed by atoms with van der Waals surface area (Å²) in [5.41, 5.74) is -0.544. The maximum atomic E-state index is 13.2. The summed E-state index contributed by atoms with van der Waals surface area (Å²) in [6, 6.07) is 3.20. The zero-order chi connectivity index (χ0) is 15.3. The van der Waals surface area contributed by atoms with Gasteiger partial charge in [-0.1, -0.05) is 6.92 Å². The van der Waals surface area contributed by atoms with E-state index in [1.54, 1.807) is 0 Å². The minimum Gasteiger partial charge on any atom is -0.478 e. The van der Waals surface area contributed by atoms with Crippen LogP contribution >= 0.6 is 0 Å². The summed E-state index contributed by atoms with van der Waals surface area (Å²) in [5.74, 6) is -2.28. The van der Waals surface area contributed by atoms with E-state index in [0.717, 1.165) is 12.1 Å². The second-order valence-electron chi connectivity index (χ2n) is 4.09. The fourth-order valence-electron chi connectivity index (χ4n) is 1.48. The first-order valence-corrected chi connectivity index (χ1v) is 9.02. The molecule has 5 nitrogen and oxygen atoms in total.